The second-order valence-corrected chi connectivity index (χ2v) is 6.38. The van der Waals surface area contributed by atoms with Crippen LogP contribution in [-0.4, -0.2) is 12.1 Å². The highest BCUT2D eigenvalue weighted by molar-refractivity contribution is 5.07. The van der Waals surface area contributed by atoms with Crippen LogP contribution in [-0.2, 0) is 0 Å². The van der Waals surface area contributed by atoms with Gasteiger partial charge in [-0.25, -0.2) is 0 Å². The fourth-order valence-corrected chi connectivity index (χ4v) is 3.80. The summed E-state index contributed by atoms with van der Waals surface area (Å²) in [5.74, 6) is 2.83. The summed E-state index contributed by atoms with van der Waals surface area (Å²) in [4.78, 5) is 0. The van der Waals surface area contributed by atoms with Crippen molar-refractivity contribution in [2.45, 2.75) is 59.5 Å². The second-order valence-electron chi connectivity index (χ2n) is 6.38. The maximum Gasteiger partial charge on any atom is 0.0101 e. The van der Waals surface area contributed by atoms with E-state index in [0.29, 0.717) is 11.5 Å². The van der Waals surface area contributed by atoms with Gasteiger partial charge >= 0.3 is 0 Å². The molecule has 0 amide bonds. The van der Waals surface area contributed by atoms with Crippen molar-refractivity contribution in [1.29, 1.82) is 0 Å². The molecule has 3 fully saturated rings. The molecule has 3 aliphatic carbocycles. The van der Waals surface area contributed by atoms with E-state index in [1.807, 2.05) is 0 Å². The van der Waals surface area contributed by atoms with Gasteiger partial charge in [0.2, 0.25) is 0 Å². The number of nitrogens with one attached hydrogen (secondary N) is 1. The summed E-state index contributed by atoms with van der Waals surface area (Å²) in [6.45, 7) is 11.9. The Bertz CT molecular complexity index is 219. The lowest BCUT2D eigenvalue weighted by Crippen LogP contribution is -2.60. The largest absolute Gasteiger partial charge is 0.311 e. The van der Waals surface area contributed by atoms with Gasteiger partial charge < -0.3 is 5.32 Å². The molecule has 0 saturated heterocycles. The summed E-state index contributed by atoms with van der Waals surface area (Å²) >= 11 is 0. The topological polar surface area (TPSA) is 12.0 Å². The minimum Gasteiger partial charge on any atom is -0.311 e. The molecule has 2 bridgehead atoms. The van der Waals surface area contributed by atoms with E-state index in [-0.39, 0.29) is 0 Å². The molecule has 4 atom stereocenters. The van der Waals surface area contributed by atoms with E-state index in [2.05, 4.69) is 39.9 Å². The molecule has 82 valence electrons. The quantitative estimate of drug-likeness (QED) is 0.714. The predicted molar refractivity (Wildman–Crippen MR) is 61.2 cm³/mol. The predicted octanol–water partition coefficient (Wildman–Crippen LogP) is 3.06. The fraction of sp³-hybridized carbons (Fsp3) is 1.00. The van der Waals surface area contributed by atoms with Gasteiger partial charge in [0.15, 0.2) is 0 Å². The molecule has 0 aliphatic heterocycles. The van der Waals surface area contributed by atoms with E-state index >= 15 is 0 Å². The van der Waals surface area contributed by atoms with Crippen molar-refractivity contribution in [2.24, 2.45) is 23.2 Å². The van der Waals surface area contributed by atoms with Crippen LogP contribution < -0.4 is 5.32 Å². The number of hydrogen-bond acceptors (Lipinski definition) is 1. The molecule has 0 aromatic heterocycles. The van der Waals surface area contributed by atoms with Crippen LogP contribution >= 0.6 is 0 Å². The first-order valence-electron chi connectivity index (χ1n) is 6.19. The van der Waals surface area contributed by atoms with Gasteiger partial charge in [-0.05, 0) is 36.0 Å². The molecule has 3 aliphatic rings. The van der Waals surface area contributed by atoms with Gasteiger partial charge in [-0.3, -0.25) is 0 Å². The van der Waals surface area contributed by atoms with Crippen molar-refractivity contribution < 1.29 is 0 Å². The first-order chi connectivity index (χ1) is 6.43. The number of hydrogen-bond donors (Lipinski definition) is 1. The maximum atomic E-state index is 3.73. The van der Waals surface area contributed by atoms with Crippen LogP contribution in [0.2, 0.25) is 0 Å². The summed E-state index contributed by atoms with van der Waals surface area (Å²) in [5, 5.41) is 3.73. The van der Waals surface area contributed by atoms with Gasteiger partial charge in [-0.15, -0.1) is 0 Å². The lowest BCUT2D eigenvalue weighted by molar-refractivity contribution is -0.116. The zero-order valence-electron chi connectivity index (χ0n) is 10.3. The minimum atomic E-state index is 0.634. The Balaban J connectivity index is 2.01. The molecule has 0 aromatic rings. The van der Waals surface area contributed by atoms with Gasteiger partial charge in [0, 0.05) is 12.1 Å². The molecule has 0 heterocycles. The van der Waals surface area contributed by atoms with Crippen LogP contribution in [0.1, 0.15) is 47.5 Å². The first-order valence-corrected chi connectivity index (χ1v) is 6.19. The van der Waals surface area contributed by atoms with Crippen molar-refractivity contribution in [3.8, 4) is 0 Å². The Morgan fingerprint density at radius 2 is 1.86 bits per heavy atom. The molecule has 3 rings (SSSR count). The number of rotatable bonds is 2. The van der Waals surface area contributed by atoms with E-state index in [4.69, 9.17) is 0 Å². The normalized spacial score (nSPS) is 45.0. The van der Waals surface area contributed by atoms with Crippen LogP contribution in [0.4, 0.5) is 0 Å². The van der Waals surface area contributed by atoms with Crippen molar-refractivity contribution >= 4 is 0 Å². The van der Waals surface area contributed by atoms with Crippen LogP contribution in [0.25, 0.3) is 0 Å². The third-order valence-corrected chi connectivity index (χ3v) is 4.90. The third kappa shape index (κ3) is 1.41. The van der Waals surface area contributed by atoms with Gasteiger partial charge in [0.05, 0.1) is 0 Å². The monoisotopic (exact) mass is 195 g/mol. The van der Waals surface area contributed by atoms with Crippen molar-refractivity contribution in [2.75, 3.05) is 0 Å². The molecule has 0 aromatic carbocycles. The van der Waals surface area contributed by atoms with E-state index in [0.717, 1.165) is 23.8 Å². The third-order valence-electron chi connectivity index (χ3n) is 4.90. The van der Waals surface area contributed by atoms with E-state index in [1.54, 1.807) is 0 Å². The van der Waals surface area contributed by atoms with E-state index in [9.17, 15) is 0 Å². The molecule has 0 spiro atoms. The summed E-state index contributed by atoms with van der Waals surface area (Å²) < 4.78 is 0. The van der Waals surface area contributed by atoms with Crippen molar-refractivity contribution in [1.82, 2.24) is 5.32 Å². The maximum absolute atomic E-state index is 3.73. The van der Waals surface area contributed by atoms with Crippen molar-refractivity contribution in [3.05, 3.63) is 0 Å². The smallest absolute Gasteiger partial charge is 0.0101 e. The van der Waals surface area contributed by atoms with Gasteiger partial charge in [0.25, 0.3) is 0 Å². The summed E-state index contributed by atoms with van der Waals surface area (Å²) in [6, 6.07) is 1.43. The molecular formula is C13H25N. The van der Waals surface area contributed by atoms with Crippen molar-refractivity contribution in [3.63, 3.8) is 0 Å². The molecule has 3 saturated carbocycles. The average molecular weight is 195 g/mol. The van der Waals surface area contributed by atoms with E-state index < -0.39 is 0 Å². The second kappa shape index (κ2) is 3.23. The highest BCUT2D eigenvalue weighted by Gasteiger charge is 2.56. The van der Waals surface area contributed by atoms with Crippen LogP contribution in [0.3, 0.4) is 0 Å². The standard InChI is InChI=1S/C13H25N/c1-8(2)14-12-7-10-6-11(9(12)3)13(10,4)5/h8-12,14H,6-7H2,1-5H3/t9-,10+,11-,12-/m1/s1. The Kier molecular flexibility index (Phi) is 2.42. The summed E-state index contributed by atoms with van der Waals surface area (Å²) in [5.41, 5.74) is 0.634. The SMILES string of the molecule is CC(C)N[C@@H]1C[C@@H]2C[C@H]([C@H]1C)C2(C)C. The first kappa shape index (κ1) is 10.5. The lowest BCUT2D eigenvalue weighted by Gasteiger charge is -2.62. The molecule has 1 nitrogen and oxygen atoms in total. The van der Waals surface area contributed by atoms with Crippen LogP contribution in [0.15, 0.2) is 0 Å². The highest BCUT2D eigenvalue weighted by atomic mass is 15.0. The lowest BCUT2D eigenvalue weighted by atomic mass is 9.44. The molecule has 1 heteroatoms. The minimum absolute atomic E-state index is 0.634. The van der Waals surface area contributed by atoms with Crippen LogP contribution in [0, 0.1) is 23.2 Å². The summed E-state index contributed by atoms with van der Waals surface area (Å²) in [7, 11) is 0. The Morgan fingerprint density at radius 1 is 1.21 bits per heavy atom. The fourth-order valence-electron chi connectivity index (χ4n) is 3.80. The van der Waals surface area contributed by atoms with Gasteiger partial charge in [0.1, 0.15) is 0 Å². The average Bonchev–Trinajstić information content (AvgIpc) is 2.06. The molecular weight excluding hydrogens is 170 g/mol. The van der Waals surface area contributed by atoms with E-state index in [1.165, 1.54) is 12.8 Å². The molecule has 14 heavy (non-hydrogen) atoms. The molecule has 0 unspecified atom stereocenters. The Labute approximate surface area is 88.7 Å². The Morgan fingerprint density at radius 3 is 2.29 bits per heavy atom. The zero-order chi connectivity index (χ0) is 10.5. The zero-order valence-corrected chi connectivity index (χ0v) is 10.3. The molecule has 1 N–H and O–H groups in total. The Hall–Kier alpha value is -0.0400. The summed E-state index contributed by atoms with van der Waals surface area (Å²) in [6.07, 6.45) is 2.90. The van der Waals surface area contributed by atoms with Gasteiger partial charge in [-0.1, -0.05) is 34.6 Å². The van der Waals surface area contributed by atoms with Crippen LogP contribution in [0.5, 0.6) is 0 Å². The van der Waals surface area contributed by atoms with Gasteiger partial charge in [-0.2, -0.15) is 0 Å². The molecule has 0 radical (unpaired) electrons. The number of fused-ring (bicyclic) bond motifs is 2. The highest BCUT2D eigenvalue weighted by Crippen LogP contribution is 2.61.